The molecule has 1 aromatic rings. The summed E-state index contributed by atoms with van der Waals surface area (Å²) in [5.74, 6) is 1.95. The zero-order valence-corrected chi connectivity index (χ0v) is 10.4. The number of aromatic nitrogens is 2. The van der Waals surface area contributed by atoms with Gasteiger partial charge in [0.25, 0.3) is 0 Å². The molecular formula is C12H20N4. The Morgan fingerprint density at radius 3 is 2.38 bits per heavy atom. The van der Waals surface area contributed by atoms with Crippen LogP contribution >= 0.6 is 0 Å². The van der Waals surface area contributed by atoms with Gasteiger partial charge in [0.15, 0.2) is 0 Å². The van der Waals surface area contributed by atoms with Crippen LogP contribution in [0, 0.1) is 13.8 Å². The summed E-state index contributed by atoms with van der Waals surface area (Å²) in [5.41, 5.74) is 1.06. The summed E-state index contributed by atoms with van der Waals surface area (Å²) in [6.45, 7) is 11.8. The molecular weight excluding hydrogens is 200 g/mol. The molecule has 1 aliphatic rings. The molecule has 0 saturated carbocycles. The highest BCUT2D eigenvalue weighted by Crippen LogP contribution is 2.14. The van der Waals surface area contributed by atoms with Gasteiger partial charge >= 0.3 is 0 Å². The van der Waals surface area contributed by atoms with E-state index in [9.17, 15) is 0 Å². The molecule has 0 aliphatic carbocycles. The van der Waals surface area contributed by atoms with Crippen LogP contribution < -0.4 is 4.90 Å². The van der Waals surface area contributed by atoms with E-state index in [1.807, 2.05) is 13.8 Å². The summed E-state index contributed by atoms with van der Waals surface area (Å²) >= 11 is 0. The predicted octanol–water partition coefficient (Wildman–Crippen LogP) is 1.24. The monoisotopic (exact) mass is 220 g/mol. The highest BCUT2D eigenvalue weighted by atomic mass is 15.3. The van der Waals surface area contributed by atoms with Gasteiger partial charge in [-0.15, -0.1) is 0 Å². The fourth-order valence-corrected chi connectivity index (χ4v) is 2.15. The predicted molar refractivity (Wildman–Crippen MR) is 65.8 cm³/mol. The van der Waals surface area contributed by atoms with E-state index in [-0.39, 0.29) is 0 Å². The van der Waals surface area contributed by atoms with Crippen LogP contribution in [-0.4, -0.2) is 47.6 Å². The molecule has 1 saturated heterocycles. The standard InChI is InChI=1S/C12H20N4/c1-4-15-5-7-16(8-6-15)12-9-10(2)13-11(3)14-12/h9H,4-8H2,1-3H3. The van der Waals surface area contributed by atoms with Crippen molar-refractivity contribution in [1.29, 1.82) is 0 Å². The first-order chi connectivity index (χ1) is 7.69. The number of nitrogens with zero attached hydrogens (tertiary/aromatic N) is 4. The van der Waals surface area contributed by atoms with Crippen LogP contribution in [0.1, 0.15) is 18.4 Å². The van der Waals surface area contributed by atoms with Crippen LogP contribution in [0.25, 0.3) is 0 Å². The van der Waals surface area contributed by atoms with Crippen molar-refractivity contribution in [2.75, 3.05) is 37.6 Å². The second-order valence-corrected chi connectivity index (χ2v) is 4.34. The molecule has 0 radical (unpaired) electrons. The molecule has 0 aromatic carbocycles. The fourth-order valence-electron chi connectivity index (χ4n) is 2.15. The number of aryl methyl sites for hydroxylation is 2. The Bertz CT molecular complexity index is 336. The van der Waals surface area contributed by atoms with Crippen molar-refractivity contribution in [3.63, 3.8) is 0 Å². The highest BCUT2D eigenvalue weighted by molar-refractivity contribution is 5.40. The number of likely N-dealkylation sites (N-methyl/N-ethyl adjacent to an activating group) is 1. The van der Waals surface area contributed by atoms with E-state index >= 15 is 0 Å². The molecule has 2 heterocycles. The van der Waals surface area contributed by atoms with Gasteiger partial charge in [0, 0.05) is 37.9 Å². The van der Waals surface area contributed by atoms with Gasteiger partial charge in [-0.1, -0.05) is 6.92 Å². The van der Waals surface area contributed by atoms with Crippen LogP contribution in [0.5, 0.6) is 0 Å². The average Bonchev–Trinajstić information content (AvgIpc) is 2.28. The number of anilines is 1. The van der Waals surface area contributed by atoms with Crippen LogP contribution in [0.2, 0.25) is 0 Å². The maximum Gasteiger partial charge on any atom is 0.132 e. The Balaban J connectivity index is 2.08. The SMILES string of the molecule is CCN1CCN(c2cc(C)nc(C)n2)CC1. The maximum absolute atomic E-state index is 4.50. The van der Waals surface area contributed by atoms with Gasteiger partial charge in [0.05, 0.1) is 0 Å². The topological polar surface area (TPSA) is 32.3 Å². The molecule has 16 heavy (non-hydrogen) atoms. The minimum atomic E-state index is 0.868. The van der Waals surface area contributed by atoms with E-state index < -0.39 is 0 Å². The summed E-state index contributed by atoms with van der Waals surface area (Å²) < 4.78 is 0. The minimum Gasteiger partial charge on any atom is -0.354 e. The molecule has 0 amide bonds. The molecule has 2 rings (SSSR count). The van der Waals surface area contributed by atoms with Crippen molar-refractivity contribution < 1.29 is 0 Å². The Morgan fingerprint density at radius 1 is 1.12 bits per heavy atom. The number of piperazine rings is 1. The molecule has 4 nitrogen and oxygen atoms in total. The third-order valence-corrected chi connectivity index (χ3v) is 3.10. The van der Waals surface area contributed by atoms with Gasteiger partial charge in [-0.3, -0.25) is 0 Å². The first kappa shape index (κ1) is 11.3. The van der Waals surface area contributed by atoms with Gasteiger partial charge in [-0.05, 0) is 20.4 Å². The molecule has 1 aromatic heterocycles. The molecule has 1 aliphatic heterocycles. The van der Waals surface area contributed by atoms with Crippen LogP contribution in [-0.2, 0) is 0 Å². The summed E-state index contributed by atoms with van der Waals surface area (Å²) in [6.07, 6.45) is 0. The van der Waals surface area contributed by atoms with E-state index in [4.69, 9.17) is 0 Å². The second kappa shape index (κ2) is 4.78. The van der Waals surface area contributed by atoms with E-state index in [1.54, 1.807) is 0 Å². The van der Waals surface area contributed by atoms with Crippen LogP contribution in [0.3, 0.4) is 0 Å². The summed E-state index contributed by atoms with van der Waals surface area (Å²) in [6, 6.07) is 2.08. The largest absolute Gasteiger partial charge is 0.354 e. The van der Waals surface area contributed by atoms with Gasteiger partial charge in [0.2, 0.25) is 0 Å². The van der Waals surface area contributed by atoms with Crippen molar-refractivity contribution in [1.82, 2.24) is 14.9 Å². The van der Waals surface area contributed by atoms with E-state index in [2.05, 4.69) is 32.8 Å². The smallest absolute Gasteiger partial charge is 0.132 e. The lowest BCUT2D eigenvalue weighted by Gasteiger charge is -2.34. The zero-order chi connectivity index (χ0) is 11.5. The lowest BCUT2D eigenvalue weighted by Crippen LogP contribution is -2.46. The molecule has 0 bridgehead atoms. The van der Waals surface area contributed by atoms with Crippen molar-refractivity contribution in [3.05, 3.63) is 17.6 Å². The van der Waals surface area contributed by atoms with Gasteiger partial charge in [-0.2, -0.15) is 0 Å². The van der Waals surface area contributed by atoms with Crippen molar-refractivity contribution in [2.24, 2.45) is 0 Å². The van der Waals surface area contributed by atoms with E-state index in [0.717, 1.165) is 50.1 Å². The molecule has 88 valence electrons. The third-order valence-electron chi connectivity index (χ3n) is 3.10. The first-order valence-electron chi connectivity index (χ1n) is 5.98. The summed E-state index contributed by atoms with van der Waals surface area (Å²) in [5, 5.41) is 0. The lowest BCUT2D eigenvalue weighted by molar-refractivity contribution is 0.270. The Morgan fingerprint density at radius 2 is 1.81 bits per heavy atom. The van der Waals surface area contributed by atoms with Crippen molar-refractivity contribution in [3.8, 4) is 0 Å². The zero-order valence-electron chi connectivity index (χ0n) is 10.4. The number of rotatable bonds is 2. The molecule has 0 spiro atoms. The molecule has 0 unspecified atom stereocenters. The minimum absolute atomic E-state index is 0.868. The fraction of sp³-hybridized carbons (Fsp3) is 0.667. The quantitative estimate of drug-likeness (QED) is 0.750. The highest BCUT2D eigenvalue weighted by Gasteiger charge is 2.17. The lowest BCUT2D eigenvalue weighted by atomic mass is 10.3. The second-order valence-electron chi connectivity index (χ2n) is 4.34. The molecule has 4 heteroatoms. The van der Waals surface area contributed by atoms with E-state index in [1.165, 1.54) is 0 Å². The van der Waals surface area contributed by atoms with Crippen molar-refractivity contribution in [2.45, 2.75) is 20.8 Å². The van der Waals surface area contributed by atoms with E-state index in [0.29, 0.717) is 0 Å². The third kappa shape index (κ3) is 2.50. The average molecular weight is 220 g/mol. The normalized spacial score (nSPS) is 17.8. The van der Waals surface area contributed by atoms with Crippen LogP contribution in [0.15, 0.2) is 6.07 Å². The molecule has 1 fully saturated rings. The maximum atomic E-state index is 4.50. The van der Waals surface area contributed by atoms with Crippen LogP contribution in [0.4, 0.5) is 5.82 Å². The molecule has 0 N–H and O–H groups in total. The van der Waals surface area contributed by atoms with Gasteiger partial charge in [0.1, 0.15) is 11.6 Å². The van der Waals surface area contributed by atoms with Gasteiger partial charge < -0.3 is 9.80 Å². The summed E-state index contributed by atoms with van der Waals surface area (Å²) in [7, 11) is 0. The Kier molecular flexibility index (Phi) is 3.39. The number of hydrogen-bond acceptors (Lipinski definition) is 4. The van der Waals surface area contributed by atoms with Gasteiger partial charge in [-0.25, -0.2) is 9.97 Å². The number of hydrogen-bond donors (Lipinski definition) is 0. The Hall–Kier alpha value is -1.16. The Labute approximate surface area is 97.3 Å². The molecule has 0 atom stereocenters. The summed E-state index contributed by atoms with van der Waals surface area (Å²) in [4.78, 5) is 13.6. The first-order valence-corrected chi connectivity index (χ1v) is 5.98. The van der Waals surface area contributed by atoms with Crippen molar-refractivity contribution >= 4 is 5.82 Å².